The van der Waals surface area contributed by atoms with Gasteiger partial charge < -0.3 is 4.90 Å². The standard InChI is InChI=1S/C12H10N2/c13-9-11-5-4-8-14(10-11)12-6-2-1-3-7-12/h1-8H,10H2. The predicted molar refractivity (Wildman–Crippen MR) is 56.6 cm³/mol. The molecule has 0 radical (unpaired) electrons. The van der Waals surface area contributed by atoms with E-state index in [1.807, 2.05) is 48.7 Å². The Balaban J connectivity index is 2.21. The number of nitrogens with zero attached hydrogens (tertiary/aromatic N) is 2. The summed E-state index contributed by atoms with van der Waals surface area (Å²) in [6.07, 6.45) is 5.73. The van der Waals surface area contributed by atoms with Crippen LogP contribution in [0, 0.1) is 11.3 Å². The fourth-order valence-electron chi connectivity index (χ4n) is 1.42. The quantitative estimate of drug-likeness (QED) is 0.667. The lowest BCUT2D eigenvalue weighted by atomic mass is 10.2. The molecule has 0 amide bonds. The van der Waals surface area contributed by atoms with Crippen LogP contribution in [-0.2, 0) is 0 Å². The molecule has 0 atom stereocenters. The molecule has 2 heteroatoms. The van der Waals surface area contributed by atoms with Crippen molar-refractivity contribution in [2.45, 2.75) is 0 Å². The van der Waals surface area contributed by atoms with Gasteiger partial charge in [0.25, 0.3) is 0 Å². The molecule has 2 nitrogen and oxygen atoms in total. The van der Waals surface area contributed by atoms with Crippen molar-refractivity contribution in [1.82, 2.24) is 0 Å². The van der Waals surface area contributed by atoms with Gasteiger partial charge in [-0.05, 0) is 24.3 Å². The molecule has 0 bridgehead atoms. The van der Waals surface area contributed by atoms with Gasteiger partial charge in [-0.3, -0.25) is 0 Å². The zero-order valence-electron chi connectivity index (χ0n) is 7.72. The maximum absolute atomic E-state index is 8.78. The number of hydrogen-bond acceptors (Lipinski definition) is 2. The molecule has 2 rings (SSSR count). The van der Waals surface area contributed by atoms with Gasteiger partial charge in [-0.25, -0.2) is 0 Å². The minimum absolute atomic E-state index is 0.664. The number of para-hydroxylation sites is 1. The molecule has 0 aromatic heterocycles. The van der Waals surface area contributed by atoms with E-state index in [4.69, 9.17) is 5.26 Å². The molecule has 0 saturated carbocycles. The third-order valence-corrected chi connectivity index (χ3v) is 2.14. The van der Waals surface area contributed by atoms with Crippen LogP contribution in [0.5, 0.6) is 0 Å². The zero-order valence-corrected chi connectivity index (χ0v) is 7.72. The summed E-state index contributed by atoms with van der Waals surface area (Å²) < 4.78 is 0. The first kappa shape index (κ1) is 8.58. The molecule has 0 saturated heterocycles. The Morgan fingerprint density at radius 2 is 2.00 bits per heavy atom. The minimum atomic E-state index is 0.664. The highest BCUT2D eigenvalue weighted by molar-refractivity contribution is 5.53. The Bertz CT molecular complexity index is 410. The van der Waals surface area contributed by atoms with Crippen molar-refractivity contribution in [3.8, 4) is 6.07 Å². The normalized spacial score (nSPS) is 14.8. The van der Waals surface area contributed by atoms with E-state index in [-0.39, 0.29) is 0 Å². The average Bonchev–Trinajstić information content (AvgIpc) is 2.30. The third-order valence-electron chi connectivity index (χ3n) is 2.14. The van der Waals surface area contributed by atoms with Crippen molar-refractivity contribution in [3.05, 3.63) is 54.3 Å². The molecule has 0 unspecified atom stereocenters. The van der Waals surface area contributed by atoms with Crippen molar-refractivity contribution < 1.29 is 0 Å². The molecule has 1 heterocycles. The Labute approximate surface area is 83.4 Å². The van der Waals surface area contributed by atoms with E-state index in [0.717, 1.165) is 11.3 Å². The van der Waals surface area contributed by atoms with Crippen LogP contribution in [0.3, 0.4) is 0 Å². The summed E-state index contributed by atoms with van der Waals surface area (Å²) in [4.78, 5) is 2.05. The van der Waals surface area contributed by atoms with Crippen LogP contribution < -0.4 is 4.90 Å². The first-order chi connectivity index (χ1) is 6.90. The summed E-state index contributed by atoms with van der Waals surface area (Å²) in [5.41, 5.74) is 1.90. The Kier molecular flexibility index (Phi) is 2.33. The lowest BCUT2D eigenvalue weighted by Gasteiger charge is -2.22. The maximum atomic E-state index is 8.78. The molecule has 68 valence electrons. The van der Waals surface area contributed by atoms with E-state index < -0.39 is 0 Å². The second-order valence-electron chi connectivity index (χ2n) is 3.11. The highest BCUT2D eigenvalue weighted by Gasteiger charge is 2.07. The topological polar surface area (TPSA) is 27.0 Å². The van der Waals surface area contributed by atoms with Gasteiger partial charge in [-0.1, -0.05) is 18.2 Å². The zero-order chi connectivity index (χ0) is 9.80. The average molecular weight is 182 g/mol. The summed E-state index contributed by atoms with van der Waals surface area (Å²) in [5.74, 6) is 0. The van der Waals surface area contributed by atoms with Crippen molar-refractivity contribution in [3.63, 3.8) is 0 Å². The van der Waals surface area contributed by atoms with Gasteiger partial charge >= 0.3 is 0 Å². The van der Waals surface area contributed by atoms with Gasteiger partial charge in [-0.2, -0.15) is 5.26 Å². The molecule has 1 aromatic carbocycles. The van der Waals surface area contributed by atoms with Gasteiger partial charge in [0.05, 0.1) is 12.6 Å². The van der Waals surface area contributed by atoms with Crippen molar-refractivity contribution in [1.29, 1.82) is 5.26 Å². The molecule has 0 fully saturated rings. The van der Waals surface area contributed by atoms with Gasteiger partial charge in [0.15, 0.2) is 0 Å². The number of hydrogen-bond donors (Lipinski definition) is 0. The van der Waals surface area contributed by atoms with Gasteiger partial charge in [0.2, 0.25) is 0 Å². The number of nitriles is 1. The summed E-state index contributed by atoms with van der Waals surface area (Å²) in [7, 11) is 0. The number of anilines is 1. The number of benzene rings is 1. The largest absolute Gasteiger partial charge is 0.343 e. The number of allylic oxidation sites excluding steroid dienone is 2. The van der Waals surface area contributed by atoms with Crippen molar-refractivity contribution >= 4 is 5.69 Å². The highest BCUT2D eigenvalue weighted by atomic mass is 15.1. The van der Waals surface area contributed by atoms with E-state index in [1.165, 1.54) is 0 Å². The number of rotatable bonds is 1. The summed E-state index contributed by atoms with van der Waals surface area (Å²) in [6.45, 7) is 0.664. The second kappa shape index (κ2) is 3.80. The predicted octanol–water partition coefficient (Wildman–Crippen LogP) is 2.47. The molecule has 0 N–H and O–H groups in total. The molecule has 1 aliphatic rings. The summed E-state index contributed by atoms with van der Waals surface area (Å²) in [5, 5.41) is 8.78. The lowest BCUT2D eigenvalue weighted by molar-refractivity contribution is 1.04. The Hall–Kier alpha value is -2.01. The first-order valence-corrected chi connectivity index (χ1v) is 4.49. The van der Waals surface area contributed by atoms with Gasteiger partial charge in [-0.15, -0.1) is 0 Å². The molecule has 0 spiro atoms. The molecule has 1 aliphatic heterocycles. The molecular weight excluding hydrogens is 172 g/mol. The SMILES string of the molecule is N#CC1=CC=CN(c2ccccc2)C1. The smallest absolute Gasteiger partial charge is 0.0966 e. The molecule has 0 aliphatic carbocycles. The van der Waals surface area contributed by atoms with Crippen molar-refractivity contribution in [2.75, 3.05) is 11.4 Å². The molecular formula is C12H10N2. The van der Waals surface area contributed by atoms with Crippen LogP contribution in [-0.4, -0.2) is 6.54 Å². The van der Waals surface area contributed by atoms with Crippen LogP contribution in [0.15, 0.2) is 54.3 Å². The lowest BCUT2D eigenvalue weighted by Crippen LogP contribution is -2.20. The minimum Gasteiger partial charge on any atom is -0.343 e. The van der Waals surface area contributed by atoms with E-state index in [9.17, 15) is 0 Å². The van der Waals surface area contributed by atoms with Crippen molar-refractivity contribution in [2.24, 2.45) is 0 Å². The Morgan fingerprint density at radius 1 is 1.21 bits per heavy atom. The highest BCUT2D eigenvalue weighted by Crippen LogP contribution is 2.17. The fourth-order valence-corrected chi connectivity index (χ4v) is 1.42. The summed E-state index contributed by atoms with van der Waals surface area (Å²) in [6, 6.07) is 12.2. The van der Waals surface area contributed by atoms with E-state index in [1.54, 1.807) is 0 Å². The van der Waals surface area contributed by atoms with Gasteiger partial charge in [0, 0.05) is 17.5 Å². The van der Waals surface area contributed by atoms with Crippen LogP contribution in [0.2, 0.25) is 0 Å². The van der Waals surface area contributed by atoms with Crippen LogP contribution in [0.1, 0.15) is 0 Å². The first-order valence-electron chi connectivity index (χ1n) is 4.49. The second-order valence-corrected chi connectivity index (χ2v) is 3.11. The van der Waals surface area contributed by atoms with Crippen LogP contribution in [0.4, 0.5) is 5.69 Å². The van der Waals surface area contributed by atoms with E-state index >= 15 is 0 Å². The van der Waals surface area contributed by atoms with Crippen LogP contribution >= 0.6 is 0 Å². The van der Waals surface area contributed by atoms with Gasteiger partial charge in [0.1, 0.15) is 0 Å². The Morgan fingerprint density at radius 3 is 2.71 bits per heavy atom. The van der Waals surface area contributed by atoms with Crippen LogP contribution in [0.25, 0.3) is 0 Å². The fraction of sp³-hybridized carbons (Fsp3) is 0.0833. The maximum Gasteiger partial charge on any atom is 0.0966 e. The molecule has 14 heavy (non-hydrogen) atoms. The van der Waals surface area contributed by atoms with E-state index in [0.29, 0.717) is 6.54 Å². The molecule has 1 aromatic rings. The van der Waals surface area contributed by atoms with E-state index in [2.05, 4.69) is 11.0 Å². The summed E-state index contributed by atoms with van der Waals surface area (Å²) >= 11 is 0. The third kappa shape index (κ3) is 1.67. The monoisotopic (exact) mass is 182 g/mol.